The zero-order chi connectivity index (χ0) is 15.2. The van der Waals surface area contributed by atoms with Gasteiger partial charge in [0.05, 0.1) is 12.7 Å². The van der Waals surface area contributed by atoms with Crippen molar-refractivity contribution >= 4 is 34.3 Å². The highest BCUT2D eigenvalue weighted by atomic mass is 127. The standard InChI is InChI=1S/C16H13IO4/c1-20-14-7-5-11(6-8-14)15(18)10-21-16(19)12-3-2-4-13(17)9-12/h2-9H,10H2,1H3. The summed E-state index contributed by atoms with van der Waals surface area (Å²) in [7, 11) is 1.56. The van der Waals surface area contributed by atoms with E-state index in [-0.39, 0.29) is 12.4 Å². The number of Topliss-reactive ketones (excluding diaryl/α,β-unsaturated/α-hetero) is 1. The lowest BCUT2D eigenvalue weighted by Gasteiger charge is -2.05. The maximum atomic E-state index is 11.9. The number of ether oxygens (including phenoxy) is 2. The predicted molar refractivity (Wildman–Crippen MR) is 86.8 cm³/mol. The van der Waals surface area contributed by atoms with E-state index in [4.69, 9.17) is 9.47 Å². The number of halogens is 1. The summed E-state index contributed by atoms with van der Waals surface area (Å²) in [6.45, 7) is -0.281. The summed E-state index contributed by atoms with van der Waals surface area (Å²) in [5.74, 6) is -0.0885. The van der Waals surface area contributed by atoms with Crippen LogP contribution in [-0.4, -0.2) is 25.5 Å². The Labute approximate surface area is 136 Å². The molecule has 0 aromatic heterocycles. The minimum Gasteiger partial charge on any atom is -0.497 e. The van der Waals surface area contributed by atoms with Crippen LogP contribution in [-0.2, 0) is 4.74 Å². The van der Waals surface area contributed by atoms with Gasteiger partial charge in [-0.3, -0.25) is 4.79 Å². The van der Waals surface area contributed by atoms with Crippen LogP contribution in [0.3, 0.4) is 0 Å². The van der Waals surface area contributed by atoms with E-state index in [9.17, 15) is 9.59 Å². The van der Waals surface area contributed by atoms with Crippen LogP contribution >= 0.6 is 22.6 Å². The fourth-order valence-corrected chi connectivity index (χ4v) is 2.23. The van der Waals surface area contributed by atoms with Crippen molar-refractivity contribution in [3.8, 4) is 5.75 Å². The molecule has 0 saturated carbocycles. The van der Waals surface area contributed by atoms with Gasteiger partial charge in [-0.05, 0) is 65.1 Å². The number of rotatable bonds is 5. The molecule has 2 rings (SSSR count). The fraction of sp³-hybridized carbons (Fsp3) is 0.125. The van der Waals surface area contributed by atoms with Gasteiger partial charge in [-0.25, -0.2) is 4.79 Å². The summed E-state index contributed by atoms with van der Waals surface area (Å²) < 4.78 is 11.0. The number of carbonyl (C=O) groups is 2. The Hall–Kier alpha value is -1.89. The van der Waals surface area contributed by atoms with E-state index in [1.165, 1.54) is 0 Å². The molecule has 5 heteroatoms. The van der Waals surface area contributed by atoms with E-state index in [0.717, 1.165) is 3.57 Å². The SMILES string of the molecule is COc1ccc(C(=O)COC(=O)c2cccc(I)c2)cc1. The molecule has 4 nitrogen and oxygen atoms in total. The van der Waals surface area contributed by atoms with Crippen LogP contribution in [0.2, 0.25) is 0 Å². The van der Waals surface area contributed by atoms with E-state index in [0.29, 0.717) is 16.9 Å². The van der Waals surface area contributed by atoms with E-state index in [1.807, 2.05) is 6.07 Å². The highest BCUT2D eigenvalue weighted by Gasteiger charge is 2.12. The van der Waals surface area contributed by atoms with Crippen LogP contribution in [0.4, 0.5) is 0 Å². The first-order chi connectivity index (χ1) is 10.1. The van der Waals surface area contributed by atoms with Crippen LogP contribution in [0.5, 0.6) is 5.75 Å². The van der Waals surface area contributed by atoms with E-state index in [1.54, 1.807) is 49.6 Å². The molecule has 0 unspecified atom stereocenters. The van der Waals surface area contributed by atoms with Crippen molar-refractivity contribution in [2.75, 3.05) is 13.7 Å². The molecule has 21 heavy (non-hydrogen) atoms. The monoisotopic (exact) mass is 396 g/mol. The molecule has 2 aromatic rings. The molecule has 0 radical (unpaired) electrons. The average molecular weight is 396 g/mol. The lowest BCUT2D eigenvalue weighted by molar-refractivity contribution is 0.0474. The average Bonchev–Trinajstić information content (AvgIpc) is 2.52. The normalized spacial score (nSPS) is 10.0. The van der Waals surface area contributed by atoms with Crippen LogP contribution in [0.15, 0.2) is 48.5 Å². The summed E-state index contributed by atoms with van der Waals surface area (Å²) >= 11 is 2.11. The van der Waals surface area contributed by atoms with Gasteiger partial charge in [-0.2, -0.15) is 0 Å². The maximum Gasteiger partial charge on any atom is 0.338 e. The largest absolute Gasteiger partial charge is 0.497 e. The summed E-state index contributed by atoms with van der Waals surface area (Å²) in [4.78, 5) is 23.8. The third kappa shape index (κ3) is 4.29. The Bertz CT molecular complexity index is 650. The van der Waals surface area contributed by atoms with Gasteiger partial charge in [0.2, 0.25) is 0 Å². The topological polar surface area (TPSA) is 52.6 Å². The fourth-order valence-electron chi connectivity index (χ4n) is 1.69. The van der Waals surface area contributed by atoms with Gasteiger partial charge in [0.15, 0.2) is 12.4 Å². The number of methoxy groups -OCH3 is 1. The van der Waals surface area contributed by atoms with Crippen molar-refractivity contribution in [2.45, 2.75) is 0 Å². The molecule has 0 aliphatic rings. The third-order valence-corrected chi connectivity index (χ3v) is 3.48. The van der Waals surface area contributed by atoms with Gasteiger partial charge in [-0.1, -0.05) is 6.07 Å². The first-order valence-corrected chi connectivity index (χ1v) is 7.28. The Kier molecular flexibility index (Phi) is 5.32. The highest BCUT2D eigenvalue weighted by molar-refractivity contribution is 14.1. The zero-order valence-electron chi connectivity index (χ0n) is 11.3. The van der Waals surface area contributed by atoms with Crippen molar-refractivity contribution < 1.29 is 19.1 Å². The molecule has 0 heterocycles. The summed E-state index contributed by atoms with van der Waals surface area (Å²) in [6, 6.07) is 13.7. The van der Waals surface area contributed by atoms with Crippen molar-refractivity contribution in [1.29, 1.82) is 0 Å². The highest BCUT2D eigenvalue weighted by Crippen LogP contribution is 2.13. The van der Waals surface area contributed by atoms with Crippen LogP contribution in [0.25, 0.3) is 0 Å². The van der Waals surface area contributed by atoms with Crippen LogP contribution in [0.1, 0.15) is 20.7 Å². The lowest BCUT2D eigenvalue weighted by atomic mass is 10.1. The van der Waals surface area contributed by atoms with Crippen LogP contribution in [0, 0.1) is 3.57 Å². The Morgan fingerprint density at radius 3 is 2.38 bits per heavy atom. The smallest absolute Gasteiger partial charge is 0.338 e. The molecule has 2 aromatic carbocycles. The minimum atomic E-state index is -0.504. The molecule has 108 valence electrons. The Morgan fingerprint density at radius 2 is 1.76 bits per heavy atom. The Morgan fingerprint density at radius 1 is 1.05 bits per heavy atom. The number of hydrogen-bond donors (Lipinski definition) is 0. The second-order valence-electron chi connectivity index (χ2n) is 4.24. The molecule has 0 atom stereocenters. The molecular weight excluding hydrogens is 383 g/mol. The number of hydrogen-bond acceptors (Lipinski definition) is 4. The lowest BCUT2D eigenvalue weighted by Crippen LogP contribution is -2.14. The van der Waals surface area contributed by atoms with E-state index in [2.05, 4.69) is 22.6 Å². The molecule has 0 fully saturated rings. The van der Waals surface area contributed by atoms with Crippen molar-refractivity contribution in [3.05, 3.63) is 63.2 Å². The molecule has 0 aliphatic carbocycles. The predicted octanol–water partition coefficient (Wildman–Crippen LogP) is 3.34. The zero-order valence-corrected chi connectivity index (χ0v) is 13.5. The molecule has 0 aliphatic heterocycles. The van der Waals surface area contributed by atoms with Gasteiger partial charge in [0, 0.05) is 9.13 Å². The minimum absolute atomic E-state index is 0.253. The van der Waals surface area contributed by atoms with Crippen molar-refractivity contribution in [3.63, 3.8) is 0 Å². The summed E-state index contributed by atoms with van der Waals surface area (Å²) in [6.07, 6.45) is 0. The van der Waals surface area contributed by atoms with Gasteiger partial charge in [0.1, 0.15) is 5.75 Å². The molecular formula is C16H13IO4. The number of benzene rings is 2. The van der Waals surface area contributed by atoms with E-state index < -0.39 is 5.97 Å². The third-order valence-electron chi connectivity index (χ3n) is 2.81. The van der Waals surface area contributed by atoms with Gasteiger partial charge in [0.25, 0.3) is 0 Å². The Balaban J connectivity index is 1.95. The van der Waals surface area contributed by atoms with E-state index >= 15 is 0 Å². The van der Waals surface area contributed by atoms with Gasteiger partial charge in [-0.15, -0.1) is 0 Å². The summed E-state index contributed by atoms with van der Waals surface area (Å²) in [5, 5.41) is 0. The second-order valence-corrected chi connectivity index (χ2v) is 5.48. The molecule has 0 bridgehead atoms. The van der Waals surface area contributed by atoms with Gasteiger partial charge < -0.3 is 9.47 Å². The molecule has 0 saturated heterocycles. The van der Waals surface area contributed by atoms with Crippen molar-refractivity contribution in [2.24, 2.45) is 0 Å². The molecule has 0 N–H and O–H groups in total. The first kappa shape index (κ1) is 15.5. The number of ketones is 1. The molecule has 0 amide bonds. The van der Waals surface area contributed by atoms with Crippen LogP contribution < -0.4 is 4.74 Å². The van der Waals surface area contributed by atoms with Crippen molar-refractivity contribution in [1.82, 2.24) is 0 Å². The molecule has 0 spiro atoms. The first-order valence-electron chi connectivity index (χ1n) is 6.20. The number of carbonyl (C=O) groups excluding carboxylic acids is 2. The summed E-state index contributed by atoms with van der Waals surface area (Å²) in [5.41, 5.74) is 0.913. The maximum absolute atomic E-state index is 11.9. The quantitative estimate of drug-likeness (QED) is 0.442. The van der Waals surface area contributed by atoms with Gasteiger partial charge >= 0.3 is 5.97 Å². The number of esters is 1. The second kappa shape index (κ2) is 7.21.